The van der Waals surface area contributed by atoms with Gasteiger partial charge in [0, 0.05) is 12.5 Å². The van der Waals surface area contributed by atoms with Crippen molar-refractivity contribution in [1.29, 1.82) is 5.26 Å². The van der Waals surface area contributed by atoms with Gasteiger partial charge < -0.3 is 10.5 Å². The third-order valence-corrected chi connectivity index (χ3v) is 2.70. The summed E-state index contributed by atoms with van der Waals surface area (Å²) < 4.78 is 5.57. The van der Waals surface area contributed by atoms with Gasteiger partial charge in [-0.2, -0.15) is 5.26 Å². The molecule has 1 atom stereocenters. The topological polar surface area (TPSA) is 59.0 Å². The van der Waals surface area contributed by atoms with Crippen LogP contribution in [-0.2, 0) is 0 Å². The average Bonchev–Trinajstić information content (AvgIpc) is 2.38. The van der Waals surface area contributed by atoms with Crippen LogP contribution in [0.2, 0.25) is 0 Å². The summed E-state index contributed by atoms with van der Waals surface area (Å²) in [6, 6.07) is 10.2. The van der Waals surface area contributed by atoms with E-state index in [1.165, 1.54) is 0 Å². The number of benzene rings is 1. The molecule has 0 saturated heterocycles. The normalized spacial score (nSPS) is 11.8. The Labute approximate surface area is 103 Å². The quantitative estimate of drug-likeness (QED) is 0.734. The lowest BCUT2D eigenvalue weighted by Gasteiger charge is -2.10. The first-order chi connectivity index (χ1) is 8.27. The van der Waals surface area contributed by atoms with Crippen LogP contribution in [0.15, 0.2) is 24.3 Å². The molecule has 0 bridgehead atoms. The van der Waals surface area contributed by atoms with E-state index in [1.807, 2.05) is 24.3 Å². The highest BCUT2D eigenvalue weighted by molar-refractivity contribution is 5.28. The Hall–Kier alpha value is -1.53. The molecule has 3 heteroatoms. The molecule has 0 aliphatic heterocycles. The highest BCUT2D eigenvalue weighted by Crippen LogP contribution is 2.18. The highest BCUT2D eigenvalue weighted by atomic mass is 16.5. The van der Waals surface area contributed by atoms with Crippen molar-refractivity contribution in [2.24, 2.45) is 5.73 Å². The van der Waals surface area contributed by atoms with Crippen molar-refractivity contribution < 1.29 is 4.74 Å². The first kappa shape index (κ1) is 13.5. The summed E-state index contributed by atoms with van der Waals surface area (Å²) in [4.78, 5) is 0. The minimum atomic E-state index is 0.111. The predicted octanol–water partition coefficient (Wildman–Crippen LogP) is 3.17. The summed E-state index contributed by atoms with van der Waals surface area (Å²) in [5.41, 5.74) is 7.07. The predicted molar refractivity (Wildman–Crippen MR) is 68.6 cm³/mol. The molecule has 17 heavy (non-hydrogen) atoms. The third kappa shape index (κ3) is 4.88. The van der Waals surface area contributed by atoms with Crippen molar-refractivity contribution in [1.82, 2.24) is 0 Å². The van der Waals surface area contributed by atoms with Gasteiger partial charge in [-0.25, -0.2) is 0 Å². The fourth-order valence-electron chi connectivity index (χ4n) is 1.54. The molecule has 1 aromatic carbocycles. The van der Waals surface area contributed by atoms with E-state index in [0.717, 1.165) is 30.6 Å². The smallest absolute Gasteiger partial charge is 0.119 e. The van der Waals surface area contributed by atoms with Crippen molar-refractivity contribution in [2.75, 3.05) is 6.61 Å². The number of hydrogen-bond acceptors (Lipinski definition) is 3. The molecule has 2 N–H and O–H groups in total. The molecule has 0 saturated carbocycles. The number of unbranched alkanes of at least 4 members (excludes halogenated alkanes) is 2. The molecule has 0 heterocycles. The van der Waals surface area contributed by atoms with Gasteiger partial charge in [0.1, 0.15) is 5.75 Å². The molecule has 0 radical (unpaired) electrons. The zero-order valence-electron chi connectivity index (χ0n) is 10.4. The Bertz CT molecular complexity index is 353. The van der Waals surface area contributed by atoms with Crippen LogP contribution in [0.25, 0.3) is 0 Å². The molecule has 0 amide bonds. The van der Waals surface area contributed by atoms with Crippen molar-refractivity contribution in [3.63, 3.8) is 0 Å². The number of ether oxygens (including phenoxy) is 1. The Morgan fingerprint density at radius 1 is 1.29 bits per heavy atom. The fourth-order valence-corrected chi connectivity index (χ4v) is 1.54. The van der Waals surface area contributed by atoms with E-state index in [9.17, 15) is 0 Å². The van der Waals surface area contributed by atoms with E-state index >= 15 is 0 Å². The summed E-state index contributed by atoms with van der Waals surface area (Å²) in [5.74, 6) is 0.869. The summed E-state index contributed by atoms with van der Waals surface area (Å²) >= 11 is 0. The van der Waals surface area contributed by atoms with Gasteiger partial charge in [-0.1, -0.05) is 19.1 Å². The lowest BCUT2D eigenvalue weighted by molar-refractivity contribution is 0.307. The largest absolute Gasteiger partial charge is 0.494 e. The van der Waals surface area contributed by atoms with Gasteiger partial charge in [0.25, 0.3) is 0 Å². The van der Waals surface area contributed by atoms with Crippen LogP contribution >= 0.6 is 0 Å². The summed E-state index contributed by atoms with van der Waals surface area (Å²) in [5, 5.41) is 8.39. The van der Waals surface area contributed by atoms with Gasteiger partial charge in [0.05, 0.1) is 12.7 Å². The van der Waals surface area contributed by atoms with Crippen molar-refractivity contribution in [2.45, 2.75) is 38.6 Å². The van der Waals surface area contributed by atoms with Crippen molar-refractivity contribution in [3.8, 4) is 11.8 Å². The van der Waals surface area contributed by atoms with E-state index in [0.29, 0.717) is 13.0 Å². The average molecular weight is 232 g/mol. The molecule has 0 unspecified atom stereocenters. The van der Waals surface area contributed by atoms with Gasteiger partial charge in [-0.15, -0.1) is 0 Å². The van der Waals surface area contributed by atoms with Gasteiger partial charge in [0.15, 0.2) is 0 Å². The SMILES string of the molecule is CC[C@@H](N)c1ccc(OCCCCC#N)cc1. The molecule has 0 spiro atoms. The van der Waals surface area contributed by atoms with Crippen LogP contribution in [0, 0.1) is 11.3 Å². The van der Waals surface area contributed by atoms with Crippen molar-refractivity contribution >= 4 is 0 Å². The number of nitriles is 1. The lowest BCUT2D eigenvalue weighted by atomic mass is 10.1. The number of rotatable bonds is 7. The zero-order chi connectivity index (χ0) is 12.5. The number of nitrogens with zero attached hydrogens (tertiary/aromatic N) is 1. The van der Waals surface area contributed by atoms with E-state index in [1.54, 1.807) is 0 Å². The molecule has 92 valence electrons. The Kier molecular flexibility index (Phi) is 6.13. The molecule has 3 nitrogen and oxygen atoms in total. The molecule has 0 aliphatic rings. The van der Waals surface area contributed by atoms with Gasteiger partial charge in [-0.3, -0.25) is 0 Å². The van der Waals surface area contributed by atoms with E-state index in [4.69, 9.17) is 15.7 Å². The zero-order valence-corrected chi connectivity index (χ0v) is 10.4. The number of hydrogen-bond donors (Lipinski definition) is 1. The minimum Gasteiger partial charge on any atom is -0.494 e. The van der Waals surface area contributed by atoms with Gasteiger partial charge in [0.2, 0.25) is 0 Å². The monoisotopic (exact) mass is 232 g/mol. The Morgan fingerprint density at radius 2 is 2.00 bits per heavy atom. The second-order valence-electron chi connectivity index (χ2n) is 4.05. The Balaban J connectivity index is 2.33. The van der Waals surface area contributed by atoms with E-state index < -0.39 is 0 Å². The van der Waals surface area contributed by atoms with Crippen LogP contribution in [0.5, 0.6) is 5.75 Å². The van der Waals surface area contributed by atoms with Gasteiger partial charge in [-0.05, 0) is 37.0 Å². The summed E-state index contributed by atoms with van der Waals surface area (Å²) in [7, 11) is 0. The summed E-state index contributed by atoms with van der Waals surface area (Å²) in [6.07, 6.45) is 3.36. The molecular weight excluding hydrogens is 212 g/mol. The number of nitrogens with two attached hydrogens (primary N) is 1. The second kappa shape index (κ2) is 7.70. The molecule has 1 aromatic rings. The molecular formula is C14H20N2O. The molecule has 0 aromatic heterocycles. The maximum absolute atomic E-state index is 8.39. The van der Waals surface area contributed by atoms with Crippen LogP contribution < -0.4 is 10.5 Å². The standard InChI is InChI=1S/C14H20N2O/c1-2-14(16)12-6-8-13(9-7-12)17-11-5-3-4-10-15/h6-9,14H,2-5,11,16H2,1H3/t14-/m1/s1. The van der Waals surface area contributed by atoms with Crippen LogP contribution in [0.1, 0.15) is 44.2 Å². The lowest BCUT2D eigenvalue weighted by Crippen LogP contribution is -2.08. The van der Waals surface area contributed by atoms with Crippen LogP contribution in [0.4, 0.5) is 0 Å². The molecule has 1 rings (SSSR count). The van der Waals surface area contributed by atoms with E-state index in [-0.39, 0.29) is 6.04 Å². The van der Waals surface area contributed by atoms with Crippen LogP contribution in [0.3, 0.4) is 0 Å². The third-order valence-electron chi connectivity index (χ3n) is 2.70. The van der Waals surface area contributed by atoms with Crippen molar-refractivity contribution in [3.05, 3.63) is 29.8 Å². The first-order valence-corrected chi connectivity index (χ1v) is 6.13. The molecule has 0 aliphatic carbocycles. The van der Waals surface area contributed by atoms with E-state index in [2.05, 4.69) is 13.0 Å². The Morgan fingerprint density at radius 3 is 2.59 bits per heavy atom. The maximum atomic E-state index is 8.39. The van der Waals surface area contributed by atoms with Crippen LogP contribution in [-0.4, -0.2) is 6.61 Å². The first-order valence-electron chi connectivity index (χ1n) is 6.13. The highest BCUT2D eigenvalue weighted by Gasteiger charge is 2.02. The fraction of sp³-hybridized carbons (Fsp3) is 0.500. The molecule has 0 fully saturated rings. The van der Waals surface area contributed by atoms with Gasteiger partial charge >= 0.3 is 0 Å². The minimum absolute atomic E-state index is 0.111. The summed E-state index contributed by atoms with van der Waals surface area (Å²) in [6.45, 7) is 2.74. The second-order valence-corrected chi connectivity index (χ2v) is 4.05. The maximum Gasteiger partial charge on any atom is 0.119 e.